The molecule has 2 fully saturated rings. The van der Waals surface area contributed by atoms with Crippen molar-refractivity contribution < 1.29 is 15.0 Å². The van der Waals surface area contributed by atoms with E-state index in [4.69, 9.17) is 0 Å². The second-order valence-corrected chi connectivity index (χ2v) is 9.18. The third-order valence-corrected chi connectivity index (χ3v) is 7.34. The van der Waals surface area contributed by atoms with E-state index in [-0.39, 0.29) is 18.6 Å². The topological polar surface area (TPSA) is 113 Å². The fraction of sp³-hybridized carbons (Fsp3) is 0.478. The minimum Gasteiger partial charge on any atom is -0.465 e. The summed E-state index contributed by atoms with van der Waals surface area (Å²) in [4.78, 5) is 30.7. The molecule has 0 radical (unpaired) electrons. The summed E-state index contributed by atoms with van der Waals surface area (Å²) in [6.07, 6.45) is 5.79. The Morgan fingerprint density at radius 2 is 1.88 bits per heavy atom. The molecule has 9 nitrogen and oxygen atoms in total. The van der Waals surface area contributed by atoms with E-state index in [1.807, 2.05) is 30.3 Å². The highest BCUT2D eigenvalue weighted by Gasteiger charge is 2.55. The van der Waals surface area contributed by atoms with Crippen molar-refractivity contribution in [3.8, 4) is 0 Å². The van der Waals surface area contributed by atoms with E-state index in [9.17, 15) is 19.8 Å². The van der Waals surface area contributed by atoms with Gasteiger partial charge in [0.2, 0.25) is 0 Å². The summed E-state index contributed by atoms with van der Waals surface area (Å²) >= 11 is 0. The van der Waals surface area contributed by atoms with Crippen LogP contribution in [-0.4, -0.2) is 59.2 Å². The smallest absolute Gasteiger partial charge is 0.407 e. The highest BCUT2D eigenvalue weighted by atomic mass is 16.4. The van der Waals surface area contributed by atoms with Crippen molar-refractivity contribution in [2.24, 2.45) is 5.41 Å². The third-order valence-electron chi connectivity index (χ3n) is 7.34. The predicted octanol–water partition coefficient (Wildman–Crippen LogP) is 2.32. The molecule has 3 heterocycles. The van der Waals surface area contributed by atoms with Gasteiger partial charge in [0.05, 0.1) is 24.9 Å². The SMILES string of the molecule is O=C(O)N1CCC(O)(Cn2cnc3c(cnn3Cc3ccccc3)c2=O)C2(CCCC2)C1. The van der Waals surface area contributed by atoms with Gasteiger partial charge in [-0.25, -0.2) is 14.5 Å². The molecule has 1 aliphatic carbocycles. The van der Waals surface area contributed by atoms with Crippen LogP contribution in [0.3, 0.4) is 0 Å². The molecular weight excluding hydrogens is 410 g/mol. The number of hydrogen-bond donors (Lipinski definition) is 2. The van der Waals surface area contributed by atoms with Crippen LogP contribution in [0, 0.1) is 5.41 Å². The molecule has 1 aliphatic heterocycles. The van der Waals surface area contributed by atoms with Gasteiger partial charge in [0.15, 0.2) is 5.65 Å². The molecule has 5 rings (SSSR count). The summed E-state index contributed by atoms with van der Waals surface area (Å²) < 4.78 is 3.17. The first-order valence-electron chi connectivity index (χ1n) is 11.1. The van der Waals surface area contributed by atoms with Crippen LogP contribution < -0.4 is 5.56 Å². The molecule has 3 aromatic rings. The second-order valence-electron chi connectivity index (χ2n) is 9.18. The van der Waals surface area contributed by atoms with Gasteiger partial charge in [-0.15, -0.1) is 0 Å². The Balaban J connectivity index is 1.45. The highest BCUT2D eigenvalue weighted by Crippen LogP contribution is 2.51. The van der Waals surface area contributed by atoms with Crippen molar-refractivity contribution in [3.63, 3.8) is 0 Å². The number of carbonyl (C=O) groups is 1. The van der Waals surface area contributed by atoms with Crippen molar-refractivity contribution in [3.05, 3.63) is 58.8 Å². The molecule has 9 heteroatoms. The molecule has 1 saturated heterocycles. The first-order valence-corrected chi connectivity index (χ1v) is 11.1. The second kappa shape index (κ2) is 7.74. The van der Waals surface area contributed by atoms with E-state index in [1.54, 1.807) is 4.68 Å². The Kier molecular flexibility index (Phi) is 5.00. The maximum Gasteiger partial charge on any atom is 0.407 e. The number of nitrogens with zero attached hydrogens (tertiary/aromatic N) is 5. The number of aliphatic hydroxyl groups is 1. The van der Waals surface area contributed by atoms with Crippen molar-refractivity contribution >= 4 is 17.1 Å². The van der Waals surface area contributed by atoms with E-state index < -0.39 is 17.1 Å². The van der Waals surface area contributed by atoms with Gasteiger partial charge < -0.3 is 15.1 Å². The van der Waals surface area contributed by atoms with Crippen molar-refractivity contribution in [1.82, 2.24) is 24.2 Å². The van der Waals surface area contributed by atoms with Crippen molar-refractivity contribution in [2.45, 2.75) is 50.8 Å². The maximum absolute atomic E-state index is 13.2. The van der Waals surface area contributed by atoms with Crippen LogP contribution in [0.1, 0.15) is 37.7 Å². The average Bonchev–Trinajstić information content (AvgIpc) is 3.42. The number of aromatic nitrogens is 4. The molecule has 1 unspecified atom stereocenters. The standard InChI is InChI=1S/C23H27N5O4/c29-20-18-12-25-28(13-17-6-2-1-3-7-17)19(18)24-16-27(20)15-23(32)10-11-26(21(30)31)14-22(23)8-4-5-9-22/h1-3,6-7,12,16,32H,4-5,8-11,13-15H2,(H,30,31). The number of likely N-dealkylation sites (tertiary alicyclic amines) is 1. The van der Waals surface area contributed by atoms with Crippen LogP contribution in [0.15, 0.2) is 47.7 Å². The summed E-state index contributed by atoms with van der Waals surface area (Å²) in [6, 6.07) is 9.85. The van der Waals surface area contributed by atoms with Crippen LogP contribution in [-0.2, 0) is 13.1 Å². The van der Waals surface area contributed by atoms with Crippen molar-refractivity contribution in [2.75, 3.05) is 13.1 Å². The van der Waals surface area contributed by atoms with Gasteiger partial charge in [-0.1, -0.05) is 43.2 Å². The highest BCUT2D eigenvalue weighted by molar-refractivity contribution is 5.73. The van der Waals surface area contributed by atoms with Gasteiger partial charge in [0, 0.05) is 18.5 Å². The zero-order valence-corrected chi connectivity index (χ0v) is 17.9. The fourth-order valence-electron chi connectivity index (χ4n) is 5.53. The number of hydrogen-bond acceptors (Lipinski definition) is 5. The summed E-state index contributed by atoms with van der Waals surface area (Å²) in [5, 5.41) is 26.0. The number of fused-ring (bicyclic) bond motifs is 1. The van der Waals surface area contributed by atoms with E-state index in [1.165, 1.54) is 22.0 Å². The molecule has 1 saturated carbocycles. The lowest BCUT2D eigenvalue weighted by molar-refractivity contribution is -0.137. The normalized spacial score (nSPS) is 22.6. The number of rotatable bonds is 4. The number of piperidine rings is 1. The van der Waals surface area contributed by atoms with Crippen LogP contribution in [0.25, 0.3) is 11.0 Å². The third kappa shape index (κ3) is 3.37. The Morgan fingerprint density at radius 3 is 2.59 bits per heavy atom. The minimum atomic E-state index is -1.16. The van der Waals surface area contributed by atoms with E-state index >= 15 is 0 Å². The maximum atomic E-state index is 13.2. The molecule has 1 aromatic carbocycles. The number of carboxylic acid groups (broad SMARTS) is 1. The molecule has 1 spiro atoms. The van der Waals surface area contributed by atoms with E-state index in [0.717, 1.165) is 31.2 Å². The Hall–Kier alpha value is -3.20. The predicted molar refractivity (Wildman–Crippen MR) is 117 cm³/mol. The van der Waals surface area contributed by atoms with Gasteiger partial charge in [0.1, 0.15) is 11.7 Å². The first-order chi connectivity index (χ1) is 15.4. The lowest BCUT2D eigenvalue weighted by atomic mass is 9.66. The summed E-state index contributed by atoms with van der Waals surface area (Å²) in [7, 11) is 0. The Labute approximate surface area is 184 Å². The van der Waals surface area contributed by atoms with Gasteiger partial charge >= 0.3 is 6.09 Å². The van der Waals surface area contributed by atoms with Gasteiger partial charge in [-0.05, 0) is 24.8 Å². The first kappa shape index (κ1) is 20.7. The van der Waals surface area contributed by atoms with Gasteiger partial charge in [-0.3, -0.25) is 9.36 Å². The molecule has 168 valence electrons. The number of benzene rings is 1. The van der Waals surface area contributed by atoms with Crippen LogP contribution in [0.2, 0.25) is 0 Å². The van der Waals surface area contributed by atoms with Crippen LogP contribution in [0.4, 0.5) is 4.79 Å². The lowest BCUT2D eigenvalue weighted by Gasteiger charge is -2.51. The minimum absolute atomic E-state index is 0.103. The summed E-state index contributed by atoms with van der Waals surface area (Å²) in [5.74, 6) is 0. The average molecular weight is 438 g/mol. The molecule has 2 N–H and O–H groups in total. The quantitative estimate of drug-likeness (QED) is 0.648. The Morgan fingerprint density at radius 1 is 1.12 bits per heavy atom. The van der Waals surface area contributed by atoms with E-state index in [2.05, 4.69) is 10.1 Å². The fourth-order valence-corrected chi connectivity index (χ4v) is 5.53. The zero-order valence-electron chi connectivity index (χ0n) is 17.9. The lowest BCUT2D eigenvalue weighted by Crippen LogP contribution is -2.62. The molecule has 2 aliphatic rings. The molecule has 2 aromatic heterocycles. The van der Waals surface area contributed by atoms with E-state index in [0.29, 0.717) is 30.5 Å². The largest absolute Gasteiger partial charge is 0.465 e. The molecule has 1 amide bonds. The molecule has 1 atom stereocenters. The van der Waals surface area contributed by atoms with Crippen LogP contribution in [0.5, 0.6) is 0 Å². The Bertz CT molecular complexity index is 1200. The molecular formula is C23H27N5O4. The summed E-state index contributed by atoms with van der Waals surface area (Å²) in [5.41, 5.74) is -0.356. The summed E-state index contributed by atoms with van der Waals surface area (Å²) in [6.45, 7) is 1.18. The van der Waals surface area contributed by atoms with Gasteiger partial charge in [-0.2, -0.15) is 5.10 Å². The van der Waals surface area contributed by atoms with Crippen molar-refractivity contribution in [1.29, 1.82) is 0 Å². The molecule has 32 heavy (non-hydrogen) atoms. The number of amides is 1. The zero-order chi connectivity index (χ0) is 22.3. The monoisotopic (exact) mass is 437 g/mol. The van der Waals surface area contributed by atoms with Crippen LogP contribution >= 0.6 is 0 Å². The van der Waals surface area contributed by atoms with Gasteiger partial charge in [0.25, 0.3) is 5.56 Å². The molecule has 0 bridgehead atoms.